The number of hydrogen-bond acceptors (Lipinski definition) is 4. The van der Waals surface area contributed by atoms with Crippen LogP contribution < -0.4 is 13.8 Å². The maximum absolute atomic E-state index is 12.0. The molecule has 1 heterocycles. The third-order valence-corrected chi connectivity index (χ3v) is 3.72. The highest BCUT2D eigenvalue weighted by atomic mass is 32.2. The van der Waals surface area contributed by atoms with Crippen molar-refractivity contribution in [3.63, 3.8) is 0 Å². The fourth-order valence-electron chi connectivity index (χ4n) is 1.45. The number of aromatic nitrogens is 1. The summed E-state index contributed by atoms with van der Waals surface area (Å²) in [6.07, 6.45) is 2.93. The summed E-state index contributed by atoms with van der Waals surface area (Å²) >= 11 is 0. The van der Waals surface area contributed by atoms with Crippen molar-refractivity contribution in [2.24, 2.45) is 0 Å². The molecule has 0 aliphatic heterocycles. The molecule has 0 aliphatic rings. The van der Waals surface area contributed by atoms with Gasteiger partial charge in [0.15, 0.2) is 0 Å². The Hall–Kier alpha value is -2.08. The van der Waals surface area contributed by atoms with E-state index in [1.807, 2.05) is 6.92 Å². The summed E-state index contributed by atoms with van der Waals surface area (Å²) in [7, 11) is -2.30. The van der Waals surface area contributed by atoms with Gasteiger partial charge < -0.3 is 4.74 Å². The Morgan fingerprint density at radius 3 is 2.11 bits per heavy atom. The Labute approximate surface area is 112 Å². The van der Waals surface area contributed by atoms with E-state index in [0.29, 0.717) is 5.75 Å². The molecule has 2 aromatic rings. The number of ether oxygens (including phenoxy) is 1. The lowest BCUT2D eigenvalue weighted by atomic mass is 10.2. The number of benzene rings is 1. The Morgan fingerprint density at radius 2 is 1.58 bits per heavy atom. The van der Waals surface area contributed by atoms with E-state index in [-0.39, 0.29) is 4.90 Å². The molecule has 6 heteroatoms. The monoisotopic (exact) mass is 280 g/mol. The van der Waals surface area contributed by atoms with Crippen LogP contribution in [0.4, 0.5) is 0 Å². The van der Waals surface area contributed by atoms with Crippen LogP contribution in [-0.4, -0.2) is 15.5 Å². The van der Waals surface area contributed by atoms with E-state index >= 15 is 0 Å². The van der Waals surface area contributed by atoms with Gasteiger partial charge in [0, 0.05) is 16.9 Å². The van der Waals surface area contributed by atoms with E-state index in [2.05, 4.69) is 0 Å². The first kappa shape index (κ1) is 13.4. The molecule has 0 unspecified atom stereocenters. The average Bonchev–Trinajstić information content (AvgIpc) is 2.40. The van der Waals surface area contributed by atoms with E-state index in [4.69, 9.17) is 9.02 Å². The Balaban J connectivity index is 2.23. The van der Waals surface area contributed by atoms with Gasteiger partial charge in [-0.05, 0) is 19.1 Å². The zero-order valence-corrected chi connectivity index (χ0v) is 11.4. The summed E-state index contributed by atoms with van der Waals surface area (Å²) in [5, 5.41) is 0. The predicted molar refractivity (Wildman–Crippen MR) is 68.1 cm³/mol. The van der Waals surface area contributed by atoms with Crippen molar-refractivity contribution >= 4 is 10.1 Å². The molecule has 0 atom stereocenters. The van der Waals surface area contributed by atoms with Gasteiger partial charge in [-0.3, -0.25) is 0 Å². The molecule has 0 spiro atoms. The molecule has 2 rings (SSSR count). The minimum Gasteiger partial charge on any atom is -0.496 e. The van der Waals surface area contributed by atoms with Crippen LogP contribution in [0.15, 0.2) is 53.7 Å². The lowest BCUT2D eigenvalue weighted by molar-refractivity contribution is -0.856. The first-order valence-electron chi connectivity index (χ1n) is 5.58. The number of nitrogens with zero attached hydrogens (tertiary/aromatic N) is 1. The molecule has 0 saturated heterocycles. The summed E-state index contributed by atoms with van der Waals surface area (Å²) in [6.45, 7) is 1.88. The lowest BCUT2D eigenvalue weighted by Gasteiger charge is -2.01. The van der Waals surface area contributed by atoms with Gasteiger partial charge in [0.25, 0.3) is 0 Å². The molecule has 5 nitrogen and oxygen atoms in total. The standard InChI is InChI=1S/C13H14NO4S/c1-11-3-5-13(6-4-11)19(15,16)18-14-9-7-12(17-2)8-10-14/h3-10H,1-2H3/q+1. The molecule has 0 fully saturated rings. The van der Waals surface area contributed by atoms with Crippen molar-refractivity contribution in [1.29, 1.82) is 0 Å². The van der Waals surface area contributed by atoms with E-state index in [0.717, 1.165) is 10.3 Å². The van der Waals surface area contributed by atoms with Crippen LogP contribution in [0.2, 0.25) is 0 Å². The molecule has 0 radical (unpaired) electrons. The molecule has 1 aromatic heterocycles. The van der Waals surface area contributed by atoms with Crippen LogP contribution in [-0.2, 0) is 10.1 Å². The highest BCUT2D eigenvalue weighted by molar-refractivity contribution is 7.86. The lowest BCUT2D eigenvalue weighted by Crippen LogP contribution is -2.44. The maximum Gasteiger partial charge on any atom is 0.396 e. The Bertz CT molecular complexity index is 648. The molecule has 0 amide bonds. The molecular formula is C13H14NO4S+. The molecule has 0 bridgehead atoms. The second-order valence-electron chi connectivity index (χ2n) is 3.94. The Morgan fingerprint density at radius 1 is 1.00 bits per heavy atom. The smallest absolute Gasteiger partial charge is 0.396 e. The van der Waals surface area contributed by atoms with Crippen molar-refractivity contribution in [2.45, 2.75) is 11.8 Å². The maximum atomic E-state index is 12.0. The van der Waals surface area contributed by atoms with E-state index in [1.54, 1.807) is 24.3 Å². The van der Waals surface area contributed by atoms with Gasteiger partial charge in [-0.2, -0.15) is 8.42 Å². The zero-order valence-electron chi connectivity index (χ0n) is 10.6. The molecule has 19 heavy (non-hydrogen) atoms. The van der Waals surface area contributed by atoms with Gasteiger partial charge >= 0.3 is 10.1 Å². The van der Waals surface area contributed by atoms with Crippen molar-refractivity contribution in [3.8, 4) is 5.75 Å². The van der Waals surface area contributed by atoms with Crippen molar-refractivity contribution in [2.75, 3.05) is 7.11 Å². The van der Waals surface area contributed by atoms with Crippen LogP contribution in [0.3, 0.4) is 0 Å². The first-order chi connectivity index (χ1) is 9.01. The van der Waals surface area contributed by atoms with E-state index < -0.39 is 10.1 Å². The van der Waals surface area contributed by atoms with Crippen molar-refractivity contribution in [3.05, 3.63) is 54.4 Å². The number of aryl methyl sites for hydroxylation is 1. The third-order valence-electron chi connectivity index (χ3n) is 2.50. The van der Waals surface area contributed by atoms with Crippen LogP contribution in [0.25, 0.3) is 0 Å². The molecule has 1 aromatic carbocycles. The van der Waals surface area contributed by atoms with Crippen molar-refractivity contribution in [1.82, 2.24) is 0 Å². The van der Waals surface area contributed by atoms with Gasteiger partial charge in [-0.15, -0.1) is 4.28 Å². The van der Waals surface area contributed by atoms with E-state index in [9.17, 15) is 8.42 Å². The molecule has 0 aliphatic carbocycles. The largest absolute Gasteiger partial charge is 0.496 e. The fourth-order valence-corrected chi connectivity index (χ4v) is 2.33. The highest BCUT2D eigenvalue weighted by Gasteiger charge is 2.21. The van der Waals surface area contributed by atoms with E-state index in [1.165, 1.54) is 31.6 Å². The van der Waals surface area contributed by atoms with Crippen LogP contribution >= 0.6 is 0 Å². The molecular weight excluding hydrogens is 266 g/mol. The second kappa shape index (κ2) is 5.27. The molecule has 100 valence electrons. The normalized spacial score (nSPS) is 11.1. The number of pyridine rings is 1. The SMILES string of the molecule is COc1cc[n+](OS(=O)(=O)c2ccc(C)cc2)cc1. The number of methoxy groups -OCH3 is 1. The highest BCUT2D eigenvalue weighted by Crippen LogP contribution is 2.10. The molecule has 0 N–H and O–H groups in total. The quantitative estimate of drug-likeness (QED) is 0.787. The van der Waals surface area contributed by atoms with Gasteiger partial charge in [0.1, 0.15) is 10.6 Å². The summed E-state index contributed by atoms with van der Waals surface area (Å²) in [5.41, 5.74) is 0.982. The van der Waals surface area contributed by atoms with Crippen molar-refractivity contribution < 1.29 is 22.2 Å². The molecule has 0 saturated carbocycles. The first-order valence-corrected chi connectivity index (χ1v) is 6.99. The van der Waals surface area contributed by atoms with Gasteiger partial charge in [-0.1, -0.05) is 17.7 Å². The van der Waals surface area contributed by atoms with Crippen LogP contribution in [0.5, 0.6) is 5.75 Å². The van der Waals surface area contributed by atoms with Crippen LogP contribution in [0, 0.1) is 6.92 Å². The summed E-state index contributed by atoms with van der Waals surface area (Å²) in [4.78, 5) is 0.112. The third kappa shape index (κ3) is 3.23. The van der Waals surface area contributed by atoms with Crippen LogP contribution in [0.1, 0.15) is 5.56 Å². The second-order valence-corrected chi connectivity index (χ2v) is 5.47. The predicted octanol–water partition coefficient (Wildman–Crippen LogP) is 1.11. The van der Waals surface area contributed by atoms with Gasteiger partial charge in [-0.25, -0.2) is 0 Å². The van der Waals surface area contributed by atoms with Gasteiger partial charge in [0.2, 0.25) is 12.4 Å². The zero-order chi connectivity index (χ0) is 13.9. The minimum atomic E-state index is -3.83. The summed E-state index contributed by atoms with van der Waals surface area (Å²) < 4.78 is 35.0. The topological polar surface area (TPSA) is 56.5 Å². The number of hydrogen-bond donors (Lipinski definition) is 0. The summed E-state index contributed by atoms with van der Waals surface area (Å²) in [6, 6.07) is 9.66. The fraction of sp³-hybridized carbons (Fsp3) is 0.154. The summed E-state index contributed by atoms with van der Waals surface area (Å²) in [5.74, 6) is 0.618. The van der Waals surface area contributed by atoms with Gasteiger partial charge in [0.05, 0.1) is 7.11 Å². The average molecular weight is 280 g/mol. The minimum absolute atomic E-state index is 0.112. The number of rotatable bonds is 4. The Kier molecular flexibility index (Phi) is 3.71.